The molecule has 0 aromatic carbocycles. The van der Waals surface area contributed by atoms with Crippen LogP contribution in [0.15, 0.2) is 23.6 Å². The van der Waals surface area contributed by atoms with E-state index in [0.717, 1.165) is 0 Å². The number of methoxy groups -OCH3 is 1. The van der Waals surface area contributed by atoms with Crippen molar-refractivity contribution in [1.29, 1.82) is 0 Å². The van der Waals surface area contributed by atoms with Crippen molar-refractivity contribution in [2.75, 3.05) is 13.7 Å². The zero-order chi connectivity index (χ0) is 15.0. The topological polar surface area (TPSA) is 71.7 Å². The average molecular weight is 269 g/mol. The molecule has 108 valence electrons. The Bertz CT molecular complexity index is 465. The van der Waals surface area contributed by atoms with E-state index in [9.17, 15) is 9.90 Å². The third-order valence-electron chi connectivity index (χ3n) is 2.55. The Labute approximate surface area is 113 Å². The average Bonchev–Trinajstić information content (AvgIpc) is 2.44. The van der Waals surface area contributed by atoms with Gasteiger partial charge in [-0.2, -0.15) is 0 Å². The lowest BCUT2D eigenvalue weighted by Gasteiger charge is -2.18. The molecule has 0 spiro atoms. The normalized spacial score (nSPS) is 11.3. The predicted molar refractivity (Wildman–Crippen MR) is 75.9 cm³/mol. The fourth-order valence-electron chi connectivity index (χ4n) is 1.59. The smallest absolute Gasteiger partial charge is 0.185 e. The monoisotopic (exact) mass is 269 g/mol. The van der Waals surface area contributed by atoms with E-state index < -0.39 is 6.10 Å². The van der Waals surface area contributed by atoms with Crippen LogP contribution in [0.5, 0.6) is 0 Å². The maximum absolute atomic E-state index is 11.5. The van der Waals surface area contributed by atoms with E-state index >= 15 is 0 Å². The highest BCUT2D eigenvalue weighted by atomic mass is 16.5. The number of hydrogen-bond donors (Lipinski definition) is 2. The largest absolute Gasteiger partial charge is 0.495 e. The molecule has 0 aliphatic carbocycles. The Morgan fingerprint density at radius 2 is 2.11 bits per heavy atom. The van der Waals surface area contributed by atoms with E-state index in [1.807, 2.05) is 13.8 Å². The number of aromatic nitrogens is 1. The number of hydrogen-bond acceptors (Lipinski definition) is 4. The molecule has 1 aromatic heterocycles. The van der Waals surface area contributed by atoms with E-state index in [4.69, 9.17) is 9.84 Å². The van der Waals surface area contributed by atoms with E-state index in [2.05, 4.69) is 6.58 Å². The van der Waals surface area contributed by atoms with Crippen molar-refractivity contribution in [3.63, 3.8) is 0 Å². The Hall–Kier alpha value is -1.59. The van der Waals surface area contributed by atoms with Crippen molar-refractivity contribution in [3.05, 3.63) is 40.3 Å². The summed E-state index contributed by atoms with van der Waals surface area (Å²) >= 11 is 0. The van der Waals surface area contributed by atoms with Gasteiger partial charge in [-0.1, -0.05) is 20.4 Å². The van der Waals surface area contributed by atoms with Gasteiger partial charge in [0.1, 0.15) is 5.76 Å². The van der Waals surface area contributed by atoms with Crippen molar-refractivity contribution < 1.29 is 14.9 Å². The second kappa shape index (κ2) is 8.50. The molecule has 1 atom stereocenters. The number of aliphatic hydroxyl groups excluding tert-OH is 2. The highest BCUT2D eigenvalue weighted by Gasteiger charge is 2.13. The lowest BCUT2D eigenvalue weighted by atomic mass is 10.1. The molecule has 0 aliphatic heterocycles. The highest BCUT2D eigenvalue weighted by molar-refractivity contribution is 5.57. The summed E-state index contributed by atoms with van der Waals surface area (Å²) in [5, 5.41) is 18.3. The van der Waals surface area contributed by atoms with Gasteiger partial charge in [-0.15, -0.1) is 0 Å². The van der Waals surface area contributed by atoms with Crippen molar-refractivity contribution in [2.45, 2.75) is 33.4 Å². The molecule has 19 heavy (non-hydrogen) atoms. The molecular formula is C14H23NO4. The van der Waals surface area contributed by atoms with Gasteiger partial charge in [0.25, 0.3) is 0 Å². The molecule has 0 bridgehead atoms. The van der Waals surface area contributed by atoms with Crippen LogP contribution in [0.4, 0.5) is 0 Å². The molecule has 1 aromatic rings. The van der Waals surface area contributed by atoms with Crippen LogP contribution >= 0.6 is 0 Å². The second-order valence-corrected chi connectivity index (χ2v) is 3.77. The summed E-state index contributed by atoms with van der Waals surface area (Å²) in [5.41, 5.74) is 0.921. The Kier molecular flexibility index (Phi) is 7.79. The predicted octanol–water partition coefficient (Wildman–Crippen LogP) is 1.15. The minimum atomic E-state index is -0.889. The van der Waals surface area contributed by atoms with Crippen LogP contribution in [0.1, 0.15) is 25.1 Å². The van der Waals surface area contributed by atoms with E-state index in [1.54, 1.807) is 17.7 Å². The van der Waals surface area contributed by atoms with Gasteiger partial charge in [-0.25, -0.2) is 0 Å². The summed E-state index contributed by atoms with van der Waals surface area (Å²) in [6.07, 6.45) is 0.661. The number of aliphatic hydroxyl groups is 2. The van der Waals surface area contributed by atoms with Gasteiger partial charge >= 0.3 is 0 Å². The van der Waals surface area contributed by atoms with Crippen LogP contribution in [0.2, 0.25) is 0 Å². The Morgan fingerprint density at radius 3 is 2.58 bits per heavy atom. The molecule has 0 radical (unpaired) electrons. The number of nitrogens with zero attached hydrogens (tertiary/aromatic N) is 1. The molecule has 0 amide bonds. The summed E-state index contributed by atoms with van der Waals surface area (Å²) in [7, 11) is 1.46. The summed E-state index contributed by atoms with van der Waals surface area (Å²) in [5.74, 6) is 0.352. The molecule has 1 unspecified atom stereocenters. The van der Waals surface area contributed by atoms with Crippen LogP contribution in [-0.2, 0) is 11.3 Å². The molecule has 0 saturated carbocycles. The maximum atomic E-state index is 11.5. The van der Waals surface area contributed by atoms with Crippen LogP contribution < -0.4 is 5.43 Å². The molecule has 0 saturated heterocycles. The van der Waals surface area contributed by atoms with Crippen molar-refractivity contribution >= 4 is 5.76 Å². The van der Waals surface area contributed by atoms with Gasteiger partial charge in [0.05, 0.1) is 32.1 Å². The highest BCUT2D eigenvalue weighted by Crippen LogP contribution is 2.15. The Balaban J connectivity index is 0.00000154. The van der Waals surface area contributed by atoms with Crippen LogP contribution in [0, 0.1) is 6.92 Å². The maximum Gasteiger partial charge on any atom is 0.185 e. The van der Waals surface area contributed by atoms with Gasteiger partial charge in [0.15, 0.2) is 5.43 Å². The zero-order valence-electron chi connectivity index (χ0n) is 12.0. The van der Waals surface area contributed by atoms with Gasteiger partial charge in [0, 0.05) is 17.8 Å². The van der Waals surface area contributed by atoms with Crippen LogP contribution in [0.3, 0.4) is 0 Å². The molecule has 0 fully saturated rings. The van der Waals surface area contributed by atoms with Crippen molar-refractivity contribution in [3.8, 4) is 0 Å². The van der Waals surface area contributed by atoms with E-state index in [0.29, 0.717) is 17.0 Å². The van der Waals surface area contributed by atoms with Crippen molar-refractivity contribution in [2.24, 2.45) is 0 Å². The Morgan fingerprint density at radius 1 is 1.53 bits per heavy atom. The number of rotatable bonds is 5. The first-order valence-corrected chi connectivity index (χ1v) is 6.23. The van der Waals surface area contributed by atoms with Gasteiger partial charge in [-0.05, 0) is 6.92 Å². The first-order valence-electron chi connectivity index (χ1n) is 6.23. The van der Waals surface area contributed by atoms with Crippen LogP contribution in [-0.4, -0.2) is 34.6 Å². The first-order chi connectivity index (χ1) is 9.01. The molecule has 5 heteroatoms. The quantitative estimate of drug-likeness (QED) is 0.787. The summed E-state index contributed by atoms with van der Waals surface area (Å²) in [6, 6.07) is 1.41. The SMILES string of the molecule is C=C(OC)c1c(C)c(=O)ccn1CC(O)CO.CC. The third kappa shape index (κ3) is 4.54. The molecular weight excluding hydrogens is 246 g/mol. The standard InChI is InChI=1S/C12H17NO4.C2H6/c1-8-11(16)4-5-13(6-10(15)7-14)12(8)9(2)17-3;1-2/h4-5,10,14-15H,2,6-7H2,1,3H3;1-2H3. The fourth-order valence-corrected chi connectivity index (χ4v) is 1.59. The summed E-state index contributed by atoms with van der Waals surface area (Å²) in [6.45, 7) is 9.22. The van der Waals surface area contributed by atoms with Gasteiger partial charge in [-0.3, -0.25) is 4.79 Å². The fraction of sp³-hybridized carbons (Fsp3) is 0.500. The zero-order valence-corrected chi connectivity index (χ0v) is 12.0. The lowest BCUT2D eigenvalue weighted by Crippen LogP contribution is -2.24. The third-order valence-corrected chi connectivity index (χ3v) is 2.55. The summed E-state index contributed by atoms with van der Waals surface area (Å²) in [4.78, 5) is 11.5. The summed E-state index contributed by atoms with van der Waals surface area (Å²) < 4.78 is 6.67. The first kappa shape index (κ1) is 17.4. The molecule has 0 aliphatic rings. The lowest BCUT2D eigenvalue weighted by molar-refractivity contribution is 0.0806. The minimum absolute atomic E-state index is 0.118. The van der Waals surface area contributed by atoms with Crippen LogP contribution in [0.25, 0.3) is 5.76 Å². The van der Waals surface area contributed by atoms with Gasteiger partial charge < -0.3 is 19.5 Å². The minimum Gasteiger partial charge on any atom is -0.495 e. The number of ether oxygens (including phenoxy) is 1. The van der Waals surface area contributed by atoms with Gasteiger partial charge in [0.2, 0.25) is 0 Å². The van der Waals surface area contributed by atoms with E-state index in [-0.39, 0.29) is 18.6 Å². The molecule has 5 nitrogen and oxygen atoms in total. The molecule has 2 N–H and O–H groups in total. The molecule has 1 rings (SSSR count). The van der Waals surface area contributed by atoms with E-state index in [1.165, 1.54) is 13.2 Å². The molecule has 1 heterocycles. The second-order valence-electron chi connectivity index (χ2n) is 3.77. The number of pyridine rings is 1. The van der Waals surface area contributed by atoms with Crippen molar-refractivity contribution in [1.82, 2.24) is 4.57 Å².